The highest BCUT2D eigenvalue weighted by Crippen LogP contribution is 2.21. The highest BCUT2D eigenvalue weighted by Gasteiger charge is 2.30. The summed E-state index contributed by atoms with van der Waals surface area (Å²) in [7, 11) is -3.35. The van der Waals surface area contributed by atoms with Gasteiger partial charge >= 0.3 is 0 Å². The molecule has 5 nitrogen and oxygen atoms in total. The normalized spacial score (nSPS) is 20.2. The first kappa shape index (κ1) is 15.8. The Hall–Kier alpha value is -1.54. The number of anilines is 1. The number of amides is 1. The van der Waals surface area contributed by atoms with Crippen LogP contribution in [0.4, 0.5) is 14.5 Å². The number of halogens is 2. The molecule has 1 heterocycles. The second-order valence-electron chi connectivity index (χ2n) is 5.11. The molecule has 8 heteroatoms. The fourth-order valence-corrected chi connectivity index (χ4v) is 3.24. The van der Waals surface area contributed by atoms with Crippen LogP contribution in [-0.4, -0.2) is 38.0 Å². The molecule has 21 heavy (non-hydrogen) atoms. The van der Waals surface area contributed by atoms with Gasteiger partial charge in [-0.15, -0.1) is 0 Å². The zero-order valence-corrected chi connectivity index (χ0v) is 12.3. The van der Waals surface area contributed by atoms with Gasteiger partial charge in [-0.3, -0.25) is 4.79 Å². The van der Waals surface area contributed by atoms with Crippen molar-refractivity contribution in [3.63, 3.8) is 0 Å². The third-order valence-corrected chi connectivity index (χ3v) is 4.62. The van der Waals surface area contributed by atoms with Gasteiger partial charge in [0.15, 0.2) is 0 Å². The maximum absolute atomic E-state index is 13.1. The third kappa shape index (κ3) is 4.21. The minimum Gasteiger partial charge on any atom is -0.326 e. The number of benzene rings is 1. The molecule has 1 atom stereocenters. The minimum absolute atomic E-state index is 0.0222. The molecule has 1 aliphatic heterocycles. The van der Waals surface area contributed by atoms with Crippen LogP contribution in [0.3, 0.4) is 0 Å². The lowest BCUT2D eigenvalue weighted by atomic mass is 9.98. The first-order valence-corrected chi connectivity index (χ1v) is 8.32. The van der Waals surface area contributed by atoms with Gasteiger partial charge in [0.05, 0.1) is 12.2 Å². The molecule has 0 radical (unpaired) electrons. The molecule has 1 saturated heterocycles. The quantitative estimate of drug-likeness (QED) is 0.920. The van der Waals surface area contributed by atoms with Crippen molar-refractivity contribution in [1.82, 2.24) is 4.31 Å². The van der Waals surface area contributed by atoms with Crippen molar-refractivity contribution in [3.8, 4) is 0 Å². The molecule has 1 aromatic rings. The van der Waals surface area contributed by atoms with Crippen LogP contribution >= 0.6 is 0 Å². The van der Waals surface area contributed by atoms with E-state index in [2.05, 4.69) is 5.32 Å². The van der Waals surface area contributed by atoms with Gasteiger partial charge in [-0.1, -0.05) is 0 Å². The van der Waals surface area contributed by atoms with Crippen molar-refractivity contribution < 1.29 is 22.0 Å². The summed E-state index contributed by atoms with van der Waals surface area (Å²) in [6.07, 6.45) is 2.20. The lowest BCUT2D eigenvalue weighted by Crippen LogP contribution is -2.43. The van der Waals surface area contributed by atoms with Crippen molar-refractivity contribution in [2.75, 3.05) is 24.7 Å². The van der Waals surface area contributed by atoms with E-state index >= 15 is 0 Å². The molecular weight excluding hydrogens is 302 g/mol. The average Bonchev–Trinajstić information content (AvgIpc) is 2.36. The van der Waals surface area contributed by atoms with E-state index in [1.54, 1.807) is 0 Å². The second kappa shape index (κ2) is 6.07. The van der Waals surface area contributed by atoms with Crippen LogP contribution in [0.2, 0.25) is 0 Å². The smallest absolute Gasteiger partial charge is 0.228 e. The molecule has 1 unspecified atom stereocenters. The number of sulfonamides is 1. The third-order valence-electron chi connectivity index (χ3n) is 3.35. The van der Waals surface area contributed by atoms with Gasteiger partial charge in [0.1, 0.15) is 11.6 Å². The molecule has 0 spiro atoms. The fourth-order valence-electron chi connectivity index (χ4n) is 2.33. The summed E-state index contributed by atoms with van der Waals surface area (Å²) in [6.45, 7) is 0.472. The molecule has 0 bridgehead atoms. The number of carbonyl (C=O) groups is 1. The number of nitrogens with zero attached hydrogens (tertiary/aromatic N) is 1. The van der Waals surface area contributed by atoms with Crippen molar-refractivity contribution in [3.05, 3.63) is 29.8 Å². The monoisotopic (exact) mass is 318 g/mol. The van der Waals surface area contributed by atoms with E-state index in [0.717, 1.165) is 18.4 Å². The molecule has 2 rings (SSSR count). The molecule has 0 saturated carbocycles. The lowest BCUT2D eigenvalue weighted by molar-refractivity contribution is -0.120. The summed E-state index contributed by atoms with van der Waals surface area (Å²) in [5.74, 6) is -2.54. The van der Waals surface area contributed by atoms with E-state index in [0.29, 0.717) is 25.5 Å². The minimum atomic E-state index is -3.35. The van der Waals surface area contributed by atoms with Gasteiger partial charge in [0, 0.05) is 24.8 Å². The summed E-state index contributed by atoms with van der Waals surface area (Å²) in [5, 5.41) is 2.42. The standard InChI is InChI=1S/C13H16F2N2O3S/c1-21(19,20)17-4-2-3-9(8-17)13(18)16-12-6-10(14)5-11(15)7-12/h5-7,9H,2-4,8H2,1H3,(H,16,18). The predicted molar refractivity (Wildman–Crippen MR) is 74.1 cm³/mol. The number of carbonyl (C=O) groups excluding carboxylic acids is 1. The van der Waals surface area contributed by atoms with E-state index in [-0.39, 0.29) is 12.2 Å². The molecule has 1 aliphatic rings. The van der Waals surface area contributed by atoms with E-state index in [1.807, 2.05) is 0 Å². The first-order valence-electron chi connectivity index (χ1n) is 6.48. The molecule has 1 amide bonds. The zero-order chi connectivity index (χ0) is 15.6. The van der Waals surface area contributed by atoms with E-state index < -0.39 is 33.5 Å². The molecule has 0 aromatic heterocycles. The summed E-state index contributed by atoms with van der Waals surface area (Å²) >= 11 is 0. The molecule has 1 fully saturated rings. The number of hydrogen-bond donors (Lipinski definition) is 1. The van der Waals surface area contributed by atoms with Crippen molar-refractivity contribution >= 4 is 21.6 Å². The van der Waals surface area contributed by atoms with Crippen LogP contribution in [-0.2, 0) is 14.8 Å². The predicted octanol–water partition coefficient (Wildman–Crippen LogP) is 1.57. The molecule has 116 valence electrons. The van der Waals surface area contributed by atoms with Crippen LogP contribution in [0.5, 0.6) is 0 Å². The average molecular weight is 318 g/mol. The first-order chi connectivity index (χ1) is 9.75. The Morgan fingerprint density at radius 3 is 2.48 bits per heavy atom. The largest absolute Gasteiger partial charge is 0.326 e. The van der Waals surface area contributed by atoms with Gasteiger partial charge in [0.25, 0.3) is 0 Å². The zero-order valence-electron chi connectivity index (χ0n) is 11.5. The SMILES string of the molecule is CS(=O)(=O)N1CCCC(C(=O)Nc2cc(F)cc(F)c2)C1. The Morgan fingerprint density at radius 2 is 1.90 bits per heavy atom. The molecule has 1 aromatic carbocycles. The Bertz CT molecular complexity index is 629. The number of piperidine rings is 1. The summed E-state index contributed by atoms with van der Waals surface area (Å²) in [6, 6.07) is 2.73. The molecular formula is C13H16F2N2O3S. The fraction of sp³-hybridized carbons (Fsp3) is 0.462. The van der Waals surface area contributed by atoms with Gasteiger partial charge < -0.3 is 5.32 Å². The molecule has 0 aliphatic carbocycles. The van der Waals surface area contributed by atoms with Crippen LogP contribution < -0.4 is 5.32 Å². The van der Waals surface area contributed by atoms with Crippen LogP contribution in [0.25, 0.3) is 0 Å². The highest BCUT2D eigenvalue weighted by atomic mass is 32.2. The number of hydrogen-bond acceptors (Lipinski definition) is 3. The summed E-state index contributed by atoms with van der Waals surface area (Å²) < 4.78 is 50.4. The van der Waals surface area contributed by atoms with E-state index in [9.17, 15) is 22.0 Å². The summed E-state index contributed by atoms with van der Waals surface area (Å²) in [5.41, 5.74) is 0.0222. The van der Waals surface area contributed by atoms with Crippen LogP contribution in [0.15, 0.2) is 18.2 Å². The Labute approximate surface area is 122 Å². The topological polar surface area (TPSA) is 66.5 Å². The highest BCUT2D eigenvalue weighted by molar-refractivity contribution is 7.88. The van der Waals surface area contributed by atoms with Gasteiger partial charge in [-0.05, 0) is 25.0 Å². The van der Waals surface area contributed by atoms with E-state index in [4.69, 9.17) is 0 Å². The lowest BCUT2D eigenvalue weighted by Gasteiger charge is -2.30. The van der Waals surface area contributed by atoms with Crippen LogP contribution in [0.1, 0.15) is 12.8 Å². The van der Waals surface area contributed by atoms with Gasteiger partial charge in [-0.25, -0.2) is 21.5 Å². The van der Waals surface area contributed by atoms with Crippen molar-refractivity contribution in [2.45, 2.75) is 12.8 Å². The molecule has 1 N–H and O–H groups in total. The van der Waals surface area contributed by atoms with E-state index in [1.165, 1.54) is 4.31 Å². The van der Waals surface area contributed by atoms with Crippen LogP contribution in [0, 0.1) is 17.6 Å². The summed E-state index contributed by atoms with van der Waals surface area (Å²) in [4.78, 5) is 12.1. The maximum Gasteiger partial charge on any atom is 0.228 e. The Kier molecular flexibility index (Phi) is 4.58. The number of rotatable bonds is 3. The Balaban J connectivity index is 2.06. The number of nitrogens with one attached hydrogen (secondary N) is 1. The second-order valence-corrected chi connectivity index (χ2v) is 7.09. The van der Waals surface area contributed by atoms with Gasteiger partial charge in [-0.2, -0.15) is 0 Å². The van der Waals surface area contributed by atoms with Gasteiger partial charge in [0.2, 0.25) is 15.9 Å². The maximum atomic E-state index is 13.1. The Morgan fingerprint density at radius 1 is 1.29 bits per heavy atom. The van der Waals surface area contributed by atoms with Crippen molar-refractivity contribution in [2.24, 2.45) is 5.92 Å². The van der Waals surface area contributed by atoms with Crippen molar-refractivity contribution in [1.29, 1.82) is 0 Å².